The second-order valence-electron chi connectivity index (χ2n) is 3.29. The molecule has 0 unspecified atom stereocenters. The van der Waals surface area contributed by atoms with Crippen LogP contribution < -0.4 is 5.73 Å². The Hall–Kier alpha value is -0.570. The maximum absolute atomic E-state index is 10.9. The normalized spacial score (nSPS) is 19.5. The lowest BCUT2D eigenvalue weighted by molar-refractivity contribution is -0.142. The van der Waals surface area contributed by atoms with E-state index in [2.05, 4.69) is 4.74 Å². The van der Waals surface area contributed by atoms with E-state index >= 15 is 0 Å². The average Bonchev–Trinajstić information content (AvgIpc) is 2.70. The third-order valence-corrected chi connectivity index (χ3v) is 2.38. The van der Waals surface area contributed by atoms with Crippen LogP contribution in [0.1, 0.15) is 25.7 Å². The highest BCUT2D eigenvalue weighted by atomic mass is 16.5. The number of hydrogen-bond acceptors (Lipinski definition) is 3. The zero-order valence-corrected chi connectivity index (χ0v) is 6.93. The van der Waals surface area contributed by atoms with Gasteiger partial charge in [0.15, 0.2) is 0 Å². The lowest BCUT2D eigenvalue weighted by atomic mass is 9.98. The molecule has 0 aromatic carbocycles. The predicted molar refractivity (Wildman–Crippen MR) is 42.0 cm³/mol. The van der Waals surface area contributed by atoms with Crippen molar-refractivity contribution in [2.45, 2.75) is 25.7 Å². The predicted octanol–water partition coefficient (Wildman–Crippen LogP) is 0.678. The first-order chi connectivity index (χ1) is 5.22. The molecule has 1 aliphatic carbocycles. The molecule has 1 aliphatic rings. The van der Waals surface area contributed by atoms with E-state index in [1.807, 2.05) is 0 Å². The van der Waals surface area contributed by atoms with Gasteiger partial charge < -0.3 is 10.5 Å². The van der Waals surface area contributed by atoms with Gasteiger partial charge in [-0.2, -0.15) is 0 Å². The van der Waals surface area contributed by atoms with Crippen LogP contribution in [0.5, 0.6) is 0 Å². The van der Waals surface area contributed by atoms with Crippen molar-refractivity contribution in [1.82, 2.24) is 0 Å². The summed E-state index contributed by atoms with van der Waals surface area (Å²) in [5.74, 6) is -0.101. The summed E-state index contributed by atoms with van der Waals surface area (Å²) in [5.41, 5.74) is 5.64. The van der Waals surface area contributed by atoms with E-state index in [4.69, 9.17) is 5.73 Å². The molecule has 1 fully saturated rings. The molecule has 0 atom stereocenters. The van der Waals surface area contributed by atoms with Gasteiger partial charge in [0.05, 0.1) is 13.5 Å². The Balaban J connectivity index is 2.29. The largest absolute Gasteiger partial charge is 0.469 e. The molecule has 2 N–H and O–H groups in total. The molecule has 0 bridgehead atoms. The van der Waals surface area contributed by atoms with Crippen molar-refractivity contribution in [2.24, 2.45) is 11.1 Å². The van der Waals surface area contributed by atoms with Crippen LogP contribution in [0.25, 0.3) is 0 Å². The molecule has 0 spiro atoms. The Bertz CT molecular complexity index is 152. The minimum Gasteiger partial charge on any atom is -0.469 e. The van der Waals surface area contributed by atoms with E-state index in [0.717, 1.165) is 19.3 Å². The summed E-state index contributed by atoms with van der Waals surface area (Å²) in [4.78, 5) is 10.9. The van der Waals surface area contributed by atoms with Crippen LogP contribution in [-0.2, 0) is 9.53 Å². The topological polar surface area (TPSA) is 52.3 Å². The number of nitrogens with two attached hydrogens (primary N) is 1. The van der Waals surface area contributed by atoms with Crippen molar-refractivity contribution < 1.29 is 9.53 Å². The summed E-state index contributed by atoms with van der Waals surface area (Å²) in [6.07, 6.45) is 3.79. The van der Waals surface area contributed by atoms with Crippen LogP contribution in [0.4, 0.5) is 0 Å². The highest BCUT2D eigenvalue weighted by Crippen LogP contribution is 2.51. The van der Waals surface area contributed by atoms with Crippen molar-refractivity contribution in [1.29, 1.82) is 0 Å². The lowest BCUT2D eigenvalue weighted by Gasteiger charge is -2.10. The zero-order valence-electron chi connectivity index (χ0n) is 6.93. The van der Waals surface area contributed by atoms with Gasteiger partial charge in [0.2, 0.25) is 0 Å². The summed E-state index contributed by atoms with van der Waals surface area (Å²) in [6.45, 7) is 0.678. The number of carbonyl (C=O) groups excluding carboxylic acids is 1. The van der Waals surface area contributed by atoms with Crippen LogP contribution >= 0.6 is 0 Å². The molecule has 0 aromatic rings. The number of esters is 1. The van der Waals surface area contributed by atoms with Crippen molar-refractivity contribution >= 4 is 5.97 Å². The smallest absolute Gasteiger partial charge is 0.306 e. The molecule has 11 heavy (non-hydrogen) atoms. The fourth-order valence-corrected chi connectivity index (χ4v) is 1.38. The Morgan fingerprint density at radius 3 is 2.64 bits per heavy atom. The molecule has 3 heteroatoms. The van der Waals surface area contributed by atoms with E-state index < -0.39 is 0 Å². The zero-order chi connectivity index (χ0) is 8.32. The first-order valence-corrected chi connectivity index (χ1v) is 3.99. The van der Waals surface area contributed by atoms with Crippen LogP contribution in [0.2, 0.25) is 0 Å². The number of rotatable bonds is 4. The van der Waals surface area contributed by atoms with Crippen molar-refractivity contribution in [3.8, 4) is 0 Å². The van der Waals surface area contributed by atoms with Crippen molar-refractivity contribution in [2.75, 3.05) is 13.7 Å². The Morgan fingerprint density at radius 1 is 1.64 bits per heavy atom. The molecular weight excluding hydrogens is 142 g/mol. The highest BCUT2D eigenvalue weighted by Gasteiger charge is 2.43. The minimum absolute atomic E-state index is 0.101. The van der Waals surface area contributed by atoms with Gasteiger partial charge in [-0.1, -0.05) is 0 Å². The molecule has 0 radical (unpaired) electrons. The first-order valence-electron chi connectivity index (χ1n) is 3.99. The lowest BCUT2D eigenvalue weighted by Crippen LogP contribution is -2.14. The SMILES string of the molecule is COC(=O)CC1(CCN)CC1. The van der Waals surface area contributed by atoms with E-state index in [9.17, 15) is 4.79 Å². The summed E-state index contributed by atoms with van der Waals surface area (Å²) in [5, 5.41) is 0. The van der Waals surface area contributed by atoms with Gasteiger partial charge in [0.25, 0.3) is 0 Å². The van der Waals surface area contributed by atoms with Crippen LogP contribution in [0.3, 0.4) is 0 Å². The maximum atomic E-state index is 10.9. The van der Waals surface area contributed by atoms with E-state index in [0.29, 0.717) is 13.0 Å². The van der Waals surface area contributed by atoms with Gasteiger partial charge in [0.1, 0.15) is 0 Å². The molecule has 0 saturated heterocycles. The Labute approximate surface area is 66.9 Å². The van der Waals surface area contributed by atoms with Gasteiger partial charge in [-0.15, -0.1) is 0 Å². The minimum atomic E-state index is -0.101. The summed E-state index contributed by atoms with van der Waals surface area (Å²) in [6, 6.07) is 0. The highest BCUT2D eigenvalue weighted by molar-refractivity contribution is 5.70. The average molecular weight is 157 g/mol. The number of carbonyl (C=O) groups is 1. The van der Waals surface area contributed by atoms with Gasteiger partial charge in [-0.3, -0.25) is 4.79 Å². The van der Waals surface area contributed by atoms with Gasteiger partial charge in [-0.25, -0.2) is 0 Å². The third-order valence-electron chi connectivity index (χ3n) is 2.38. The number of methoxy groups -OCH3 is 1. The summed E-state index contributed by atoms with van der Waals surface area (Å²) < 4.78 is 4.59. The Kier molecular flexibility index (Phi) is 2.49. The fraction of sp³-hybridized carbons (Fsp3) is 0.875. The fourth-order valence-electron chi connectivity index (χ4n) is 1.38. The third kappa shape index (κ3) is 2.19. The molecule has 3 nitrogen and oxygen atoms in total. The number of hydrogen-bond donors (Lipinski definition) is 1. The van der Waals surface area contributed by atoms with Gasteiger partial charge in [0, 0.05) is 0 Å². The molecule has 0 heterocycles. The van der Waals surface area contributed by atoms with Gasteiger partial charge >= 0.3 is 5.97 Å². The van der Waals surface area contributed by atoms with E-state index in [-0.39, 0.29) is 11.4 Å². The van der Waals surface area contributed by atoms with E-state index in [1.54, 1.807) is 0 Å². The standard InChI is InChI=1S/C8H15NO2/c1-11-7(10)6-8(2-3-8)4-5-9/h2-6,9H2,1H3. The second-order valence-corrected chi connectivity index (χ2v) is 3.29. The van der Waals surface area contributed by atoms with Crippen molar-refractivity contribution in [3.63, 3.8) is 0 Å². The quantitative estimate of drug-likeness (QED) is 0.610. The van der Waals surface area contributed by atoms with Crippen LogP contribution in [-0.4, -0.2) is 19.6 Å². The molecule has 0 amide bonds. The Morgan fingerprint density at radius 2 is 2.27 bits per heavy atom. The van der Waals surface area contributed by atoms with Crippen molar-refractivity contribution in [3.05, 3.63) is 0 Å². The molecule has 1 saturated carbocycles. The second kappa shape index (κ2) is 3.22. The van der Waals surface area contributed by atoms with Crippen LogP contribution in [0.15, 0.2) is 0 Å². The molecular formula is C8H15NO2. The van der Waals surface area contributed by atoms with E-state index in [1.165, 1.54) is 7.11 Å². The van der Waals surface area contributed by atoms with Crippen LogP contribution in [0, 0.1) is 5.41 Å². The maximum Gasteiger partial charge on any atom is 0.306 e. The molecule has 1 rings (SSSR count). The number of ether oxygens (including phenoxy) is 1. The summed E-state index contributed by atoms with van der Waals surface area (Å²) in [7, 11) is 1.43. The molecule has 64 valence electrons. The first kappa shape index (κ1) is 8.53. The van der Waals surface area contributed by atoms with Gasteiger partial charge in [-0.05, 0) is 31.2 Å². The molecule has 0 aromatic heterocycles. The monoisotopic (exact) mass is 157 g/mol. The summed E-state index contributed by atoms with van der Waals surface area (Å²) >= 11 is 0. The molecule has 0 aliphatic heterocycles.